The van der Waals surface area contributed by atoms with E-state index in [4.69, 9.17) is 21.7 Å². The van der Waals surface area contributed by atoms with Gasteiger partial charge in [0.05, 0.1) is 13.2 Å². The number of ether oxygens (including phenoxy) is 2. The Morgan fingerprint density at radius 3 is 2.10 bits per heavy atom. The lowest BCUT2D eigenvalue weighted by Crippen LogP contribution is -2.02. The molecule has 0 heterocycles. The minimum absolute atomic E-state index is 0.705. The van der Waals surface area contributed by atoms with E-state index in [0.717, 1.165) is 66.0 Å². The Morgan fingerprint density at radius 1 is 0.828 bits per heavy atom. The van der Waals surface area contributed by atoms with E-state index in [1.807, 2.05) is 24.3 Å². The molecule has 29 heavy (non-hydrogen) atoms. The van der Waals surface area contributed by atoms with Crippen LogP contribution < -0.4 is 9.47 Å². The van der Waals surface area contributed by atoms with E-state index in [2.05, 4.69) is 51.1 Å². The van der Waals surface area contributed by atoms with E-state index in [-0.39, 0.29) is 0 Å². The molecule has 0 fully saturated rings. The number of hydrogen-bond acceptors (Lipinski definition) is 3. The second kappa shape index (κ2) is 13.2. The average molecular weight is 411 g/mol. The van der Waals surface area contributed by atoms with Gasteiger partial charge in [0.25, 0.3) is 0 Å². The van der Waals surface area contributed by atoms with Crippen molar-refractivity contribution in [3.05, 3.63) is 65.2 Å². The van der Waals surface area contributed by atoms with Crippen LogP contribution in [0, 0.1) is 0 Å². The van der Waals surface area contributed by atoms with E-state index in [9.17, 15) is 0 Å². The van der Waals surface area contributed by atoms with Crippen LogP contribution in [-0.4, -0.2) is 18.1 Å². The van der Waals surface area contributed by atoms with Crippen molar-refractivity contribution in [2.45, 2.75) is 59.3 Å². The quantitative estimate of drug-likeness (QED) is 0.148. The van der Waals surface area contributed by atoms with Gasteiger partial charge in [0.2, 0.25) is 0 Å². The molecule has 3 heteroatoms. The summed E-state index contributed by atoms with van der Waals surface area (Å²) in [6.45, 7) is 7.94. The maximum Gasteiger partial charge on any atom is 0.161 e. The summed E-state index contributed by atoms with van der Waals surface area (Å²) in [5.74, 6) is 1.63. The van der Waals surface area contributed by atoms with E-state index in [1.165, 1.54) is 5.56 Å². The SMILES string of the molecule is CCCCOc1ccc(C=CC(=S)c2ccc(CCC)cc2)cc1OCCCC. The number of unbranched alkanes of at least 4 members (excludes halogenated alkanes) is 2. The summed E-state index contributed by atoms with van der Waals surface area (Å²) in [5, 5.41) is 0. The topological polar surface area (TPSA) is 18.5 Å². The highest BCUT2D eigenvalue weighted by Gasteiger charge is 2.06. The Balaban J connectivity index is 2.09. The fourth-order valence-electron chi connectivity index (χ4n) is 2.91. The number of rotatable bonds is 13. The number of allylic oxidation sites excluding steroid dienone is 1. The molecule has 0 N–H and O–H groups in total. The van der Waals surface area contributed by atoms with Gasteiger partial charge in [0.15, 0.2) is 11.5 Å². The van der Waals surface area contributed by atoms with Gasteiger partial charge in [-0.1, -0.05) is 88.7 Å². The van der Waals surface area contributed by atoms with Crippen molar-refractivity contribution in [2.24, 2.45) is 0 Å². The van der Waals surface area contributed by atoms with Gasteiger partial charge in [0, 0.05) is 4.86 Å². The second-order valence-corrected chi connectivity index (χ2v) is 7.69. The highest BCUT2D eigenvalue weighted by Crippen LogP contribution is 2.29. The van der Waals surface area contributed by atoms with Crippen molar-refractivity contribution in [3.8, 4) is 11.5 Å². The first-order chi connectivity index (χ1) is 14.2. The summed E-state index contributed by atoms with van der Waals surface area (Å²) in [5.41, 5.74) is 3.50. The Hall–Kier alpha value is -2.13. The molecule has 0 saturated carbocycles. The Bertz CT molecular complexity index is 778. The molecule has 0 unspecified atom stereocenters. The summed E-state index contributed by atoms with van der Waals surface area (Å²) < 4.78 is 11.9. The third-order valence-electron chi connectivity index (χ3n) is 4.68. The van der Waals surface area contributed by atoms with Crippen molar-refractivity contribution in [2.75, 3.05) is 13.2 Å². The van der Waals surface area contributed by atoms with Crippen LogP contribution >= 0.6 is 12.2 Å². The first-order valence-electron chi connectivity index (χ1n) is 10.9. The van der Waals surface area contributed by atoms with Crippen LogP contribution in [0.5, 0.6) is 11.5 Å². The Kier molecular flexibility index (Phi) is 10.5. The molecular formula is C26H34O2S. The van der Waals surface area contributed by atoms with Crippen molar-refractivity contribution in [1.29, 1.82) is 0 Å². The lowest BCUT2D eigenvalue weighted by molar-refractivity contribution is 0.262. The minimum Gasteiger partial charge on any atom is -0.490 e. The van der Waals surface area contributed by atoms with Crippen molar-refractivity contribution >= 4 is 23.2 Å². The molecule has 0 aromatic heterocycles. The molecule has 0 atom stereocenters. The molecular weight excluding hydrogens is 376 g/mol. The van der Waals surface area contributed by atoms with Gasteiger partial charge in [-0.3, -0.25) is 0 Å². The van der Waals surface area contributed by atoms with Gasteiger partial charge in [-0.25, -0.2) is 0 Å². The fourth-order valence-corrected chi connectivity index (χ4v) is 3.11. The number of benzene rings is 2. The third-order valence-corrected chi connectivity index (χ3v) is 5.05. The summed E-state index contributed by atoms with van der Waals surface area (Å²) in [7, 11) is 0. The smallest absolute Gasteiger partial charge is 0.161 e. The van der Waals surface area contributed by atoms with E-state index in [1.54, 1.807) is 0 Å². The van der Waals surface area contributed by atoms with Crippen LogP contribution in [0.25, 0.3) is 6.08 Å². The molecule has 156 valence electrons. The van der Waals surface area contributed by atoms with Crippen LogP contribution in [0.15, 0.2) is 48.5 Å². The molecule has 0 amide bonds. The van der Waals surface area contributed by atoms with Gasteiger partial charge in [0.1, 0.15) is 0 Å². The maximum atomic E-state index is 5.98. The molecule has 0 aliphatic rings. The molecule has 2 aromatic rings. The highest BCUT2D eigenvalue weighted by molar-refractivity contribution is 7.81. The Labute approximate surface area is 181 Å². The van der Waals surface area contributed by atoms with Crippen LogP contribution in [0.3, 0.4) is 0 Å². The zero-order valence-corrected chi connectivity index (χ0v) is 18.9. The largest absolute Gasteiger partial charge is 0.490 e. The molecule has 2 rings (SSSR count). The van der Waals surface area contributed by atoms with Crippen LogP contribution in [0.2, 0.25) is 0 Å². The molecule has 0 spiro atoms. The minimum atomic E-state index is 0.705. The maximum absolute atomic E-state index is 5.98. The van der Waals surface area contributed by atoms with E-state index < -0.39 is 0 Å². The van der Waals surface area contributed by atoms with Gasteiger partial charge in [-0.2, -0.15) is 0 Å². The molecule has 0 radical (unpaired) electrons. The fraction of sp³-hybridized carbons (Fsp3) is 0.423. The van der Waals surface area contributed by atoms with Crippen LogP contribution in [-0.2, 0) is 6.42 Å². The van der Waals surface area contributed by atoms with Gasteiger partial charge in [-0.05, 0) is 54.2 Å². The van der Waals surface area contributed by atoms with E-state index >= 15 is 0 Å². The first-order valence-corrected chi connectivity index (χ1v) is 11.3. The predicted molar refractivity (Wildman–Crippen MR) is 128 cm³/mol. The number of thiocarbonyl (C=S) groups is 1. The molecule has 0 saturated heterocycles. The summed E-state index contributed by atoms with van der Waals surface area (Å²) >= 11 is 5.60. The summed E-state index contributed by atoms with van der Waals surface area (Å²) in [6.07, 6.45) is 10.6. The molecule has 0 aliphatic carbocycles. The molecule has 0 bridgehead atoms. The first kappa shape index (κ1) is 23.2. The van der Waals surface area contributed by atoms with E-state index in [0.29, 0.717) is 13.2 Å². The second-order valence-electron chi connectivity index (χ2n) is 7.25. The molecule has 2 aromatic carbocycles. The van der Waals surface area contributed by atoms with Gasteiger partial charge in [-0.15, -0.1) is 0 Å². The Morgan fingerprint density at radius 2 is 1.48 bits per heavy atom. The molecule has 2 nitrogen and oxygen atoms in total. The highest BCUT2D eigenvalue weighted by atomic mass is 32.1. The van der Waals surface area contributed by atoms with Crippen molar-refractivity contribution in [3.63, 3.8) is 0 Å². The predicted octanol–water partition coefficient (Wildman–Crippen LogP) is 7.43. The summed E-state index contributed by atoms with van der Waals surface area (Å²) in [4.78, 5) is 0.838. The third kappa shape index (κ3) is 8.02. The molecule has 0 aliphatic heterocycles. The normalized spacial score (nSPS) is 11.0. The zero-order valence-electron chi connectivity index (χ0n) is 18.1. The lowest BCUT2D eigenvalue weighted by Gasteiger charge is -2.13. The monoisotopic (exact) mass is 410 g/mol. The van der Waals surface area contributed by atoms with Crippen molar-refractivity contribution < 1.29 is 9.47 Å². The van der Waals surface area contributed by atoms with Gasteiger partial charge < -0.3 is 9.47 Å². The average Bonchev–Trinajstić information content (AvgIpc) is 2.74. The lowest BCUT2D eigenvalue weighted by atomic mass is 10.1. The standard InChI is InChI=1S/C26H34O2S/c1-4-7-18-27-24-16-12-22(20-25(24)28-19-8-5-2)13-17-26(29)23-14-10-21(9-6-3)11-15-23/h10-17,20H,4-9,18-19H2,1-3H3. The van der Waals surface area contributed by atoms with Crippen molar-refractivity contribution in [1.82, 2.24) is 0 Å². The zero-order chi connectivity index (χ0) is 20.9. The number of hydrogen-bond donors (Lipinski definition) is 0. The number of aryl methyl sites for hydroxylation is 1. The van der Waals surface area contributed by atoms with Crippen LogP contribution in [0.1, 0.15) is 69.6 Å². The van der Waals surface area contributed by atoms with Gasteiger partial charge >= 0.3 is 0 Å². The summed E-state index contributed by atoms with van der Waals surface area (Å²) in [6, 6.07) is 14.7. The van der Waals surface area contributed by atoms with Crippen LogP contribution in [0.4, 0.5) is 0 Å².